The van der Waals surface area contributed by atoms with Gasteiger partial charge in [-0.1, -0.05) is 18.5 Å². The molecule has 0 amide bonds. The number of rotatable bonds is 3. The molecule has 0 fully saturated rings. The topological polar surface area (TPSA) is 46.5 Å². The fourth-order valence-electron chi connectivity index (χ4n) is 0.301. The van der Waals surface area contributed by atoms with Crippen LogP contribution in [0.15, 0.2) is 0 Å². The zero-order valence-electron chi connectivity index (χ0n) is 5.37. The van der Waals surface area contributed by atoms with Gasteiger partial charge in [0.25, 0.3) is 0 Å². The van der Waals surface area contributed by atoms with Gasteiger partial charge in [0, 0.05) is 6.16 Å². The molecule has 2 unspecified atom stereocenters. The van der Waals surface area contributed by atoms with Crippen molar-refractivity contribution in [1.82, 2.24) is 0 Å². The summed E-state index contributed by atoms with van der Waals surface area (Å²) in [4.78, 5) is 8.74. The normalized spacial score (nSPS) is 20.9. The highest BCUT2D eigenvalue weighted by Crippen LogP contribution is 2.42. The Bertz CT molecular complexity index is 125. The van der Waals surface area contributed by atoms with Crippen LogP contribution in [0.4, 0.5) is 0 Å². The summed E-state index contributed by atoms with van der Waals surface area (Å²) in [6.07, 6.45) is 0.101. The van der Waals surface area contributed by atoms with Gasteiger partial charge in [0.2, 0.25) is 0 Å². The van der Waals surface area contributed by atoms with E-state index < -0.39 is 13.2 Å². The van der Waals surface area contributed by atoms with Crippen molar-refractivity contribution in [2.75, 3.05) is 6.16 Å². The lowest BCUT2D eigenvalue weighted by Crippen LogP contribution is -1.98. The van der Waals surface area contributed by atoms with Gasteiger partial charge in [0.05, 0.1) is 0 Å². The van der Waals surface area contributed by atoms with Crippen LogP contribution in [-0.4, -0.2) is 16.6 Å². The summed E-state index contributed by atoms with van der Waals surface area (Å²) in [5.74, 6) is 0. The molecule has 0 bridgehead atoms. The zero-order valence-corrected chi connectivity index (χ0v) is 7.02. The van der Waals surface area contributed by atoms with Crippen LogP contribution < -0.4 is 0 Å². The third-order valence-electron chi connectivity index (χ3n) is 0.710. The molecule has 0 rings (SSSR count). The van der Waals surface area contributed by atoms with E-state index in [9.17, 15) is 4.57 Å². The van der Waals surface area contributed by atoms with E-state index in [-0.39, 0.29) is 6.16 Å². The SMILES string of the molecule is CCP(=O)(O)OC(C)Cl. The van der Waals surface area contributed by atoms with Gasteiger partial charge < -0.3 is 4.89 Å². The number of hydrogen-bond donors (Lipinski definition) is 1. The van der Waals surface area contributed by atoms with Gasteiger partial charge in [-0.2, -0.15) is 0 Å². The first kappa shape index (κ1) is 9.44. The molecule has 0 aliphatic rings. The number of alkyl halides is 1. The number of hydrogen-bond acceptors (Lipinski definition) is 2. The second-order valence-corrected chi connectivity index (χ2v) is 4.33. The molecule has 0 saturated carbocycles. The van der Waals surface area contributed by atoms with Crippen LogP contribution >= 0.6 is 19.2 Å². The third-order valence-corrected chi connectivity index (χ3v) is 2.37. The predicted octanol–water partition coefficient (Wildman–Crippen LogP) is 1.79. The molecule has 1 N–H and O–H groups in total. The Morgan fingerprint density at radius 3 is 2.44 bits per heavy atom. The fourth-order valence-corrected chi connectivity index (χ4v) is 1.28. The van der Waals surface area contributed by atoms with E-state index in [1.807, 2.05) is 0 Å². The summed E-state index contributed by atoms with van der Waals surface area (Å²) in [5.41, 5.74) is -0.694. The molecule has 56 valence electrons. The fraction of sp³-hybridized carbons (Fsp3) is 1.00. The summed E-state index contributed by atoms with van der Waals surface area (Å²) in [5, 5.41) is 0. The molecule has 5 heteroatoms. The molecular weight excluding hydrogens is 162 g/mol. The molecule has 0 aromatic carbocycles. The Morgan fingerprint density at radius 1 is 1.89 bits per heavy atom. The monoisotopic (exact) mass is 172 g/mol. The second kappa shape index (κ2) is 3.57. The Labute approximate surface area is 59.5 Å². The lowest BCUT2D eigenvalue weighted by Gasteiger charge is -2.10. The average molecular weight is 173 g/mol. The minimum atomic E-state index is -3.36. The van der Waals surface area contributed by atoms with Crippen molar-refractivity contribution in [3.05, 3.63) is 0 Å². The molecular formula is C4H10ClO3P. The smallest absolute Gasteiger partial charge is 0.324 e. The van der Waals surface area contributed by atoms with Crippen LogP contribution in [0.3, 0.4) is 0 Å². The molecule has 0 aliphatic heterocycles. The standard InChI is InChI=1S/C4H10ClO3P/c1-3-9(6,7)8-4(2)5/h4H,3H2,1-2H3,(H,6,7). The first-order chi connectivity index (χ1) is 3.98. The van der Waals surface area contributed by atoms with E-state index in [2.05, 4.69) is 4.52 Å². The van der Waals surface area contributed by atoms with E-state index in [1.54, 1.807) is 6.92 Å². The molecule has 0 spiro atoms. The molecule has 2 atom stereocenters. The summed E-state index contributed by atoms with van der Waals surface area (Å²) in [6, 6.07) is 0. The second-order valence-electron chi connectivity index (χ2n) is 1.60. The summed E-state index contributed by atoms with van der Waals surface area (Å²) < 4.78 is 15.1. The van der Waals surface area contributed by atoms with E-state index in [4.69, 9.17) is 16.5 Å². The molecule has 0 heterocycles. The molecule has 0 aliphatic carbocycles. The van der Waals surface area contributed by atoms with Crippen LogP contribution in [0, 0.1) is 0 Å². The van der Waals surface area contributed by atoms with Gasteiger partial charge >= 0.3 is 7.60 Å². The molecule has 0 aromatic rings. The maximum Gasteiger partial charge on any atom is 0.329 e. The minimum absolute atomic E-state index is 0.101. The minimum Gasteiger partial charge on any atom is -0.324 e. The van der Waals surface area contributed by atoms with Crippen LogP contribution in [0.5, 0.6) is 0 Å². The molecule has 0 radical (unpaired) electrons. The van der Waals surface area contributed by atoms with E-state index in [1.165, 1.54) is 6.92 Å². The van der Waals surface area contributed by atoms with E-state index >= 15 is 0 Å². The predicted molar refractivity (Wildman–Crippen MR) is 36.8 cm³/mol. The van der Waals surface area contributed by atoms with E-state index in [0.29, 0.717) is 0 Å². The first-order valence-corrected chi connectivity index (χ1v) is 4.82. The highest BCUT2D eigenvalue weighted by atomic mass is 35.5. The van der Waals surface area contributed by atoms with Crippen molar-refractivity contribution in [1.29, 1.82) is 0 Å². The average Bonchev–Trinajstić information content (AvgIpc) is 1.63. The third kappa shape index (κ3) is 4.91. The lowest BCUT2D eigenvalue weighted by atomic mass is 10.9. The van der Waals surface area contributed by atoms with Crippen molar-refractivity contribution >= 4 is 19.2 Å². The largest absolute Gasteiger partial charge is 0.329 e. The summed E-state index contributed by atoms with van der Waals surface area (Å²) in [6.45, 7) is 3.07. The Balaban J connectivity index is 3.73. The Hall–Kier alpha value is 0.440. The van der Waals surface area contributed by atoms with Crippen LogP contribution in [0.25, 0.3) is 0 Å². The van der Waals surface area contributed by atoms with Crippen molar-refractivity contribution in [3.8, 4) is 0 Å². The van der Waals surface area contributed by atoms with Crippen molar-refractivity contribution in [2.45, 2.75) is 19.4 Å². The Morgan fingerprint density at radius 2 is 2.33 bits per heavy atom. The van der Waals surface area contributed by atoms with Crippen molar-refractivity contribution in [2.24, 2.45) is 0 Å². The van der Waals surface area contributed by atoms with Gasteiger partial charge in [0.15, 0.2) is 0 Å². The maximum absolute atomic E-state index is 10.6. The summed E-state index contributed by atoms with van der Waals surface area (Å²) in [7, 11) is -3.36. The van der Waals surface area contributed by atoms with Crippen molar-refractivity contribution in [3.63, 3.8) is 0 Å². The van der Waals surface area contributed by atoms with Crippen LogP contribution in [0.1, 0.15) is 13.8 Å². The van der Waals surface area contributed by atoms with Gasteiger partial charge in [0.1, 0.15) is 5.56 Å². The zero-order chi connectivity index (χ0) is 7.49. The lowest BCUT2D eigenvalue weighted by molar-refractivity contribution is 0.248. The van der Waals surface area contributed by atoms with Gasteiger partial charge in [-0.05, 0) is 6.92 Å². The Kier molecular flexibility index (Phi) is 3.74. The van der Waals surface area contributed by atoms with Crippen molar-refractivity contribution < 1.29 is 14.0 Å². The van der Waals surface area contributed by atoms with E-state index in [0.717, 1.165) is 0 Å². The molecule has 9 heavy (non-hydrogen) atoms. The molecule has 3 nitrogen and oxygen atoms in total. The van der Waals surface area contributed by atoms with Crippen LogP contribution in [0.2, 0.25) is 0 Å². The van der Waals surface area contributed by atoms with Gasteiger partial charge in [-0.25, -0.2) is 0 Å². The molecule has 0 saturated heterocycles. The molecule has 0 aromatic heterocycles. The number of halogens is 1. The first-order valence-electron chi connectivity index (χ1n) is 2.62. The highest BCUT2D eigenvalue weighted by Gasteiger charge is 2.17. The quantitative estimate of drug-likeness (QED) is 0.522. The summed E-state index contributed by atoms with van der Waals surface area (Å²) >= 11 is 5.29. The highest BCUT2D eigenvalue weighted by molar-refractivity contribution is 7.52. The van der Waals surface area contributed by atoms with Gasteiger partial charge in [-0.3, -0.25) is 9.09 Å². The maximum atomic E-state index is 10.6. The van der Waals surface area contributed by atoms with Crippen LogP contribution in [-0.2, 0) is 9.09 Å². The van der Waals surface area contributed by atoms with Gasteiger partial charge in [-0.15, -0.1) is 0 Å².